The number of rotatable bonds is 4. The Morgan fingerprint density at radius 3 is 2.62 bits per heavy atom. The minimum atomic E-state index is -0.404. The highest BCUT2D eigenvalue weighted by Crippen LogP contribution is 2.01. The monoisotopic (exact) mass is 182 g/mol. The lowest BCUT2D eigenvalue weighted by atomic mass is 10.0. The average molecular weight is 182 g/mol. The highest BCUT2D eigenvalue weighted by atomic mass is 16.2. The highest BCUT2D eigenvalue weighted by Gasteiger charge is 2.13. The van der Waals surface area contributed by atoms with Gasteiger partial charge in [-0.15, -0.1) is 5.92 Å². The molecule has 0 rings (SSSR count). The summed E-state index contributed by atoms with van der Waals surface area (Å²) in [5, 5.41) is 2.65. The van der Waals surface area contributed by atoms with Gasteiger partial charge in [-0.05, 0) is 19.3 Å². The summed E-state index contributed by atoms with van der Waals surface area (Å²) in [6.07, 6.45) is 0.714. The second kappa shape index (κ2) is 6.50. The van der Waals surface area contributed by atoms with Crippen LogP contribution >= 0.6 is 0 Å². The van der Waals surface area contributed by atoms with E-state index in [0.717, 1.165) is 0 Å². The second-order valence-corrected chi connectivity index (χ2v) is 3.38. The van der Waals surface area contributed by atoms with Gasteiger partial charge in [-0.3, -0.25) is 4.79 Å². The largest absolute Gasteiger partial charge is 0.344 e. The number of carbonyl (C=O) groups is 1. The molecular weight excluding hydrogens is 164 g/mol. The maximum atomic E-state index is 11.2. The number of amides is 1. The van der Waals surface area contributed by atoms with Crippen LogP contribution in [0.15, 0.2) is 0 Å². The van der Waals surface area contributed by atoms with Crippen molar-refractivity contribution in [3.05, 3.63) is 0 Å². The van der Waals surface area contributed by atoms with Gasteiger partial charge in [0.2, 0.25) is 5.91 Å². The molecule has 0 unspecified atom stereocenters. The third kappa shape index (κ3) is 6.18. The lowest BCUT2D eigenvalue weighted by molar-refractivity contribution is -0.122. The smallest absolute Gasteiger partial charge is 0.237 e. The molecule has 1 amide bonds. The third-order valence-corrected chi connectivity index (χ3v) is 1.59. The van der Waals surface area contributed by atoms with Gasteiger partial charge in [0.1, 0.15) is 0 Å². The van der Waals surface area contributed by atoms with Crippen LogP contribution in [0.1, 0.15) is 27.2 Å². The van der Waals surface area contributed by atoms with E-state index in [0.29, 0.717) is 18.9 Å². The fourth-order valence-corrected chi connectivity index (χ4v) is 0.966. The summed E-state index contributed by atoms with van der Waals surface area (Å²) in [6.45, 7) is 6.21. The van der Waals surface area contributed by atoms with Gasteiger partial charge in [0, 0.05) is 0 Å². The van der Waals surface area contributed by atoms with Crippen molar-refractivity contribution in [3.63, 3.8) is 0 Å². The quantitative estimate of drug-likeness (QED) is 0.622. The minimum Gasteiger partial charge on any atom is -0.344 e. The zero-order valence-corrected chi connectivity index (χ0v) is 8.55. The van der Waals surface area contributed by atoms with Crippen LogP contribution in [0, 0.1) is 17.8 Å². The van der Waals surface area contributed by atoms with Gasteiger partial charge in [0.05, 0.1) is 12.6 Å². The van der Waals surface area contributed by atoms with Crippen molar-refractivity contribution >= 4 is 5.91 Å². The van der Waals surface area contributed by atoms with Crippen molar-refractivity contribution in [1.82, 2.24) is 5.32 Å². The molecule has 0 bridgehead atoms. The van der Waals surface area contributed by atoms with Gasteiger partial charge < -0.3 is 11.1 Å². The minimum absolute atomic E-state index is 0.114. The summed E-state index contributed by atoms with van der Waals surface area (Å²) in [5.74, 6) is 5.78. The molecule has 3 heteroatoms. The standard InChI is InChI=1S/C10H18N2O/c1-4-5-6-12-10(13)9(11)7-8(2)3/h8-9H,6-7,11H2,1-3H3,(H,12,13)/t9-/m1/s1. The third-order valence-electron chi connectivity index (χ3n) is 1.59. The normalized spacial score (nSPS) is 11.8. The molecule has 0 fully saturated rings. The van der Waals surface area contributed by atoms with E-state index >= 15 is 0 Å². The van der Waals surface area contributed by atoms with Crippen molar-refractivity contribution in [3.8, 4) is 11.8 Å². The Morgan fingerprint density at radius 1 is 1.54 bits per heavy atom. The maximum absolute atomic E-state index is 11.2. The summed E-state index contributed by atoms with van der Waals surface area (Å²) in [5.41, 5.74) is 5.64. The first-order valence-corrected chi connectivity index (χ1v) is 4.50. The molecule has 0 aliphatic heterocycles. The summed E-state index contributed by atoms with van der Waals surface area (Å²) in [7, 11) is 0. The predicted molar refractivity (Wildman–Crippen MR) is 53.9 cm³/mol. The summed E-state index contributed by atoms with van der Waals surface area (Å²) in [4.78, 5) is 11.2. The molecule has 0 aromatic rings. The SMILES string of the molecule is CC#CCNC(=O)[C@H](N)CC(C)C. The van der Waals surface area contributed by atoms with Gasteiger partial charge >= 0.3 is 0 Å². The Hall–Kier alpha value is -1.01. The molecule has 1 atom stereocenters. The molecule has 0 heterocycles. The van der Waals surface area contributed by atoms with Crippen molar-refractivity contribution in [2.75, 3.05) is 6.54 Å². The second-order valence-electron chi connectivity index (χ2n) is 3.38. The summed E-state index contributed by atoms with van der Waals surface area (Å²) < 4.78 is 0. The van der Waals surface area contributed by atoms with E-state index in [2.05, 4.69) is 17.2 Å². The lowest BCUT2D eigenvalue weighted by Crippen LogP contribution is -2.41. The topological polar surface area (TPSA) is 55.1 Å². The van der Waals surface area contributed by atoms with E-state index in [9.17, 15) is 4.79 Å². The Morgan fingerprint density at radius 2 is 2.15 bits per heavy atom. The Labute approximate surface area is 80.1 Å². The van der Waals surface area contributed by atoms with E-state index in [1.165, 1.54) is 0 Å². The molecule has 0 radical (unpaired) electrons. The molecule has 0 aromatic heterocycles. The zero-order chi connectivity index (χ0) is 10.3. The zero-order valence-electron chi connectivity index (χ0n) is 8.55. The van der Waals surface area contributed by atoms with Crippen LogP contribution in [0.4, 0.5) is 0 Å². The number of hydrogen-bond donors (Lipinski definition) is 2. The van der Waals surface area contributed by atoms with Crippen molar-refractivity contribution in [2.24, 2.45) is 11.7 Å². The number of nitrogens with two attached hydrogens (primary N) is 1. The first-order chi connectivity index (χ1) is 6.07. The van der Waals surface area contributed by atoms with Crippen LogP contribution in [0.25, 0.3) is 0 Å². The van der Waals surface area contributed by atoms with Crippen LogP contribution in [0.2, 0.25) is 0 Å². The first-order valence-electron chi connectivity index (χ1n) is 4.50. The first kappa shape index (κ1) is 12.0. The van der Waals surface area contributed by atoms with Crippen LogP contribution in [-0.4, -0.2) is 18.5 Å². The highest BCUT2D eigenvalue weighted by molar-refractivity contribution is 5.81. The maximum Gasteiger partial charge on any atom is 0.237 e. The summed E-state index contributed by atoms with van der Waals surface area (Å²) in [6, 6.07) is -0.404. The molecular formula is C10H18N2O. The molecule has 0 spiro atoms. The number of carbonyl (C=O) groups excluding carboxylic acids is 1. The molecule has 0 aliphatic rings. The van der Waals surface area contributed by atoms with Gasteiger partial charge in [0.25, 0.3) is 0 Å². The van der Waals surface area contributed by atoms with Crippen molar-refractivity contribution in [2.45, 2.75) is 33.2 Å². The van der Waals surface area contributed by atoms with Gasteiger partial charge in [-0.1, -0.05) is 19.8 Å². The van der Waals surface area contributed by atoms with E-state index in [-0.39, 0.29) is 5.91 Å². The number of hydrogen-bond acceptors (Lipinski definition) is 2. The number of nitrogens with one attached hydrogen (secondary N) is 1. The Kier molecular flexibility index (Phi) is 5.99. The van der Waals surface area contributed by atoms with Crippen LogP contribution in [-0.2, 0) is 4.79 Å². The lowest BCUT2D eigenvalue weighted by Gasteiger charge is -2.12. The van der Waals surface area contributed by atoms with Crippen LogP contribution in [0.3, 0.4) is 0 Å². The summed E-state index contributed by atoms with van der Waals surface area (Å²) >= 11 is 0. The fraction of sp³-hybridized carbons (Fsp3) is 0.700. The predicted octanol–water partition coefficient (Wildman–Crippen LogP) is 0.499. The van der Waals surface area contributed by atoms with Crippen LogP contribution in [0.5, 0.6) is 0 Å². The molecule has 3 nitrogen and oxygen atoms in total. The molecule has 74 valence electrons. The van der Waals surface area contributed by atoms with Gasteiger partial charge in [0.15, 0.2) is 0 Å². The molecule has 0 saturated carbocycles. The van der Waals surface area contributed by atoms with Crippen LogP contribution < -0.4 is 11.1 Å². The Bertz CT molecular complexity index is 213. The Balaban J connectivity index is 3.73. The molecule has 0 aromatic carbocycles. The van der Waals surface area contributed by atoms with Gasteiger partial charge in [-0.2, -0.15) is 0 Å². The van der Waals surface area contributed by atoms with Crippen molar-refractivity contribution in [1.29, 1.82) is 0 Å². The fourth-order valence-electron chi connectivity index (χ4n) is 0.966. The molecule has 0 saturated heterocycles. The molecule has 3 N–H and O–H groups in total. The molecule has 0 aliphatic carbocycles. The average Bonchev–Trinajstić information content (AvgIpc) is 2.03. The van der Waals surface area contributed by atoms with E-state index in [4.69, 9.17) is 5.73 Å². The van der Waals surface area contributed by atoms with E-state index in [1.54, 1.807) is 6.92 Å². The van der Waals surface area contributed by atoms with Crippen molar-refractivity contribution < 1.29 is 4.79 Å². The van der Waals surface area contributed by atoms with E-state index < -0.39 is 6.04 Å². The van der Waals surface area contributed by atoms with E-state index in [1.807, 2.05) is 13.8 Å². The van der Waals surface area contributed by atoms with Gasteiger partial charge in [-0.25, -0.2) is 0 Å². The molecule has 13 heavy (non-hydrogen) atoms.